The second kappa shape index (κ2) is 6.14. The van der Waals surface area contributed by atoms with E-state index in [0.717, 1.165) is 39.7 Å². The SMILES string of the molecule is NC(=O)c1cccc2c1c1ccc(-c3ccco3)cc1n2Cc1ccsc1. The van der Waals surface area contributed by atoms with Gasteiger partial charge in [-0.25, -0.2) is 0 Å². The Labute approximate surface area is 159 Å². The van der Waals surface area contributed by atoms with Crippen LogP contribution in [0.4, 0.5) is 0 Å². The largest absolute Gasteiger partial charge is 0.464 e. The molecular weight excluding hydrogens is 356 g/mol. The summed E-state index contributed by atoms with van der Waals surface area (Å²) in [5, 5.41) is 6.14. The molecule has 0 aliphatic carbocycles. The smallest absolute Gasteiger partial charge is 0.249 e. The van der Waals surface area contributed by atoms with E-state index in [2.05, 4.69) is 27.5 Å². The average molecular weight is 372 g/mol. The van der Waals surface area contributed by atoms with Crippen molar-refractivity contribution in [3.63, 3.8) is 0 Å². The maximum Gasteiger partial charge on any atom is 0.249 e. The van der Waals surface area contributed by atoms with E-state index in [0.29, 0.717) is 5.56 Å². The fraction of sp³-hybridized carbons (Fsp3) is 0.0455. The number of carbonyl (C=O) groups is 1. The van der Waals surface area contributed by atoms with Gasteiger partial charge in [0.05, 0.1) is 17.3 Å². The summed E-state index contributed by atoms with van der Waals surface area (Å²) in [5.74, 6) is 0.407. The van der Waals surface area contributed by atoms with Crippen molar-refractivity contribution in [2.24, 2.45) is 5.73 Å². The summed E-state index contributed by atoms with van der Waals surface area (Å²) in [6.07, 6.45) is 1.67. The Hall–Kier alpha value is -3.31. The highest BCUT2D eigenvalue weighted by Crippen LogP contribution is 2.35. The van der Waals surface area contributed by atoms with E-state index in [-0.39, 0.29) is 0 Å². The first-order valence-electron chi connectivity index (χ1n) is 8.62. The van der Waals surface area contributed by atoms with Crippen LogP contribution in [0, 0.1) is 0 Å². The minimum Gasteiger partial charge on any atom is -0.464 e. The molecule has 0 spiro atoms. The molecule has 0 bridgehead atoms. The molecule has 1 amide bonds. The fourth-order valence-electron chi connectivity index (χ4n) is 3.68. The summed E-state index contributed by atoms with van der Waals surface area (Å²) < 4.78 is 7.81. The predicted octanol–water partition coefficient (Wildman–Crippen LogP) is 5.26. The number of rotatable bonds is 4. The summed E-state index contributed by atoms with van der Waals surface area (Å²) in [6, 6.07) is 17.9. The third-order valence-electron chi connectivity index (χ3n) is 4.88. The Bertz CT molecular complexity index is 1270. The zero-order valence-electron chi connectivity index (χ0n) is 14.4. The van der Waals surface area contributed by atoms with Gasteiger partial charge in [-0.05, 0) is 52.7 Å². The summed E-state index contributed by atoms with van der Waals surface area (Å²) in [5.41, 5.74) is 10.5. The molecule has 5 aromatic rings. The number of nitrogens with two attached hydrogens (primary N) is 1. The zero-order valence-corrected chi connectivity index (χ0v) is 15.2. The average Bonchev–Trinajstić information content (AvgIpc) is 3.43. The predicted molar refractivity (Wildman–Crippen MR) is 109 cm³/mol. The van der Waals surface area contributed by atoms with Crippen molar-refractivity contribution in [1.29, 1.82) is 0 Å². The number of benzene rings is 2. The van der Waals surface area contributed by atoms with Gasteiger partial charge >= 0.3 is 0 Å². The fourth-order valence-corrected chi connectivity index (χ4v) is 4.34. The molecule has 0 atom stereocenters. The van der Waals surface area contributed by atoms with Gasteiger partial charge in [-0.1, -0.05) is 18.2 Å². The zero-order chi connectivity index (χ0) is 18.4. The number of furan rings is 1. The lowest BCUT2D eigenvalue weighted by molar-refractivity contribution is 0.100. The Morgan fingerprint density at radius 2 is 2.00 bits per heavy atom. The van der Waals surface area contributed by atoms with Crippen molar-refractivity contribution in [2.45, 2.75) is 6.54 Å². The van der Waals surface area contributed by atoms with Crippen LogP contribution < -0.4 is 5.73 Å². The number of amides is 1. The van der Waals surface area contributed by atoms with E-state index in [4.69, 9.17) is 10.2 Å². The van der Waals surface area contributed by atoms with Crippen LogP contribution in [-0.4, -0.2) is 10.5 Å². The highest BCUT2D eigenvalue weighted by atomic mass is 32.1. The van der Waals surface area contributed by atoms with Gasteiger partial charge < -0.3 is 14.7 Å². The van der Waals surface area contributed by atoms with Crippen LogP contribution in [-0.2, 0) is 6.54 Å². The minimum absolute atomic E-state index is 0.412. The summed E-state index contributed by atoms with van der Waals surface area (Å²) in [6.45, 7) is 0.729. The normalized spacial score (nSPS) is 11.4. The van der Waals surface area contributed by atoms with Gasteiger partial charge in [-0.15, -0.1) is 0 Å². The lowest BCUT2D eigenvalue weighted by Crippen LogP contribution is -2.11. The number of carbonyl (C=O) groups excluding carboxylic acids is 1. The van der Waals surface area contributed by atoms with Crippen molar-refractivity contribution in [3.05, 3.63) is 82.7 Å². The lowest BCUT2D eigenvalue weighted by atomic mass is 10.0. The van der Waals surface area contributed by atoms with Crippen LogP contribution >= 0.6 is 11.3 Å². The topological polar surface area (TPSA) is 61.2 Å². The van der Waals surface area contributed by atoms with Crippen LogP contribution in [0.15, 0.2) is 76.0 Å². The molecular formula is C22H16N2O2S. The number of primary amides is 1. The van der Waals surface area contributed by atoms with Gasteiger partial charge in [0.1, 0.15) is 5.76 Å². The van der Waals surface area contributed by atoms with Gasteiger partial charge in [0.2, 0.25) is 5.91 Å². The molecule has 0 saturated heterocycles. The van der Waals surface area contributed by atoms with Gasteiger partial charge in [-0.2, -0.15) is 11.3 Å². The van der Waals surface area contributed by atoms with E-state index in [1.54, 1.807) is 23.7 Å². The first-order chi connectivity index (χ1) is 13.2. The number of hydrogen-bond acceptors (Lipinski definition) is 3. The number of nitrogens with zero attached hydrogens (tertiary/aromatic N) is 1. The van der Waals surface area contributed by atoms with Gasteiger partial charge in [-0.3, -0.25) is 4.79 Å². The number of fused-ring (bicyclic) bond motifs is 3. The molecule has 132 valence electrons. The third kappa shape index (κ3) is 2.55. The van der Waals surface area contributed by atoms with E-state index >= 15 is 0 Å². The van der Waals surface area contributed by atoms with Crippen molar-refractivity contribution >= 4 is 39.0 Å². The molecule has 0 radical (unpaired) electrons. The second-order valence-corrected chi connectivity index (χ2v) is 7.27. The summed E-state index contributed by atoms with van der Waals surface area (Å²) in [7, 11) is 0. The summed E-state index contributed by atoms with van der Waals surface area (Å²) in [4.78, 5) is 12.0. The van der Waals surface area contributed by atoms with Crippen LogP contribution in [0.3, 0.4) is 0 Å². The minimum atomic E-state index is -0.412. The first kappa shape index (κ1) is 15.9. The molecule has 3 aromatic heterocycles. The van der Waals surface area contributed by atoms with E-state index in [1.165, 1.54) is 5.56 Å². The molecule has 0 unspecified atom stereocenters. The van der Waals surface area contributed by atoms with Crippen LogP contribution in [0.5, 0.6) is 0 Å². The van der Waals surface area contributed by atoms with Gasteiger partial charge in [0.15, 0.2) is 0 Å². The Kier molecular flexibility index (Phi) is 3.62. The van der Waals surface area contributed by atoms with Crippen molar-refractivity contribution in [3.8, 4) is 11.3 Å². The molecule has 4 nitrogen and oxygen atoms in total. The molecule has 0 fully saturated rings. The molecule has 2 N–H and O–H groups in total. The van der Waals surface area contributed by atoms with Gasteiger partial charge in [0.25, 0.3) is 0 Å². The molecule has 27 heavy (non-hydrogen) atoms. The van der Waals surface area contributed by atoms with E-state index in [9.17, 15) is 4.79 Å². The van der Waals surface area contributed by atoms with Crippen molar-refractivity contribution in [1.82, 2.24) is 4.57 Å². The summed E-state index contributed by atoms with van der Waals surface area (Å²) >= 11 is 1.68. The highest BCUT2D eigenvalue weighted by Gasteiger charge is 2.17. The van der Waals surface area contributed by atoms with Crippen LogP contribution in [0.2, 0.25) is 0 Å². The Morgan fingerprint density at radius 1 is 1.07 bits per heavy atom. The maximum atomic E-state index is 12.0. The molecule has 0 aliphatic rings. The van der Waals surface area contributed by atoms with Crippen LogP contribution in [0.1, 0.15) is 15.9 Å². The standard InChI is InChI=1S/C22H16N2O2S/c23-22(25)17-3-1-4-18-21(17)16-7-6-15(20-5-2-9-26-20)11-19(16)24(18)12-14-8-10-27-13-14/h1-11,13H,12H2,(H2,23,25). The highest BCUT2D eigenvalue weighted by molar-refractivity contribution is 7.07. The Morgan fingerprint density at radius 3 is 2.74 bits per heavy atom. The Balaban J connectivity index is 1.85. The number of thiophene rings is 1. The van der Waals surface area contributed by atoms with Crippen LogP contribution in [0.25, 0.3) is 33.1 Å². The molecule has 5 heteroatoms. The maximum absolute atomic E-state index is 12.0. The molecule has 2 aromatic carbocycles. The molecule has 0 saturated carbocycles. The second-order valence-electron chi connectivity index (χ2n) is 6.49. The van der Waals surface area contributed by atoms with Crippen molar-refractivity contribution in [2.75, 3.05) is 0 Å². The van der Waals surface area contributed by atoms with E-state index < -0.39 is 5.91 Å². The number of hydrogen-bond donors (Lipinski definition) is 1. The van der Waals surface area contributed by atoms with Gasteiger partial charge in [0, 0.05) is 28.4 Å². The first-order valence-corrected chi connectivity index (χ1v) is 9.56. The number of aromatic nitrogens is 1. The third-order valence-corrected chi connectivity index (χ3v) is 5.62. The van der Waals surface area contributed by atoms with E-state index in [1.807, 2.05) is 36.4 Å². The monoisotopic (exact) mass is 372 g/mol. The molecule has 5 rings (SSSR count). The lowest BCUT2D eigenvalue weighted by Gasteiger charge is -2.07. The quantitative estimate of drug-likeness (QED) is 0.467. The molecule has 0 aliphatic heterocycles. The molecule has 3 heterocycles. The van der Waals surface area contributed by atoms with Crippen molar-refractivity contribution < 1.29 is 9.21 Å².